The number of phosphoric ester groups is 1. The minimum Gasteiger partial charge on any atom is -0.462 e. The van der Waals surface area contributed by atoms with Gasteiger partial charge in [-0.1, -0.05) is 134 Å². The van der Waals surface area contributed by atoms with Gasteiger partial charge in [0.1, 0.15) is 43.2 Å². The van der Waals surface area contributed by atoms with Crippen LogP contribution in [0.4, 0.5) is 0 Å². The second-order valence-electron chi connectivity index (χ2n) is 15.9. The molecule has 0 bridgehead atoms. The minimum absolute atomic E-state index is 0.0638. The van der Waals surface area contributed by atoms with Crippen LogP contribution in [0.5, 0.6) is 0 Å². The molecular formula is C45H81O13P. The summed E-state index contributed by atoms with van der Waals surface area (Å²) in [6.07, 6.45) is 26.3. The second-order valence-corrected chi connectivity index (χ2v) is 17.3. The molecule has 0 saturated heterocycles. The summed E-state index contributed by atoms with van der Waals surface area (Å²) < 4.78 is 33.5. The minimum atomic E-state index is -5.12. The van der Waals surface area contributed by atoms with E-state index in [1.54, 1.807) is 0 Å². The van der Waals surface area contributed by atoms with Crippen LogP contribution in [0.1, 0.15) is 181 Å². The summed E-state index contributed by atoms with van der Waals surface area (Å²) >= 11 is 0. The van der Waals surface area contributed by atoms with Gasteiger partial charge in [-0.05, 0) is 70.6 Å². The summed E-state index contributed by atoms with van der Waals surface area (Å²) in [6.45, 7) is 3.24. The van der Waals surface area contributed by atoms with Gasteiger partial charge in [-0.2, -0.15) is 0 Å². The van der Waals surface area contributed by atoms with Crippen LogP contribution in [0, 0.1) is 0 Å². The third-order valence-electron chi connectivity index (χ3n) is 10.5. The highest BCUT2D eigenvalue weighted by molar-refractivity contribution is 7.47. The first kappa shape index (κ1) is 55.1. The molecule has 0 aromatic carbocycles. The normalized spacial score (nSPS) is 22.6. The smallest absolute Gasteiger partial charge is 0.462 e. The molecule has 0 radical (unpaired) electrons. The molecule has 8 atom stereocenters. The lowest BCUT2D eigenvalue weighted by Gasteiger charge is -2.41. The van der Waals surface area contributed by atoms with Gasteiger partial charge >= 0.3 is 19.8 Å². The van der Waals surface area contributed by atoms with Crippen molar-refractivity contribution in [1.82, 2.24) is 0 Å². The van der Waals surface area contributed by atoms with E-state index >= 15 is 0 Å². The highest BCUT2D eigenvalue weighted by Crippen LogP contribution is 2.47. The standard InChI is InChI=1S/C45H81O13P/c1-3-5-7-9-11-13-15-17-19-21-23-25-27-29-31-33-38(46)55-35-37(36-56-59(53,54)58-45-43(51)41(49)40(48)42(50)44(45)52)57-39(47)34-32-30-28-26-24-22-20-18-16-14-12-10-8-6-4-2/h11,13,17,19,24,26,37,40-45,48-52H,3-10,12,14-16,18,20-23,25,27-36H2,1-2H3,(H,53,54)/b13-11+,19-17+,26-24+/t37-,40?,41-,42?,43?,44?,45?/m1/s1. The number of hydrogen-bond donors (Lipinski definition) is 6. The van der Waals surface area contributed by atoms with E-state index in [0.717, 1.165) is 64.2 Å². The fourth-order valence-corrected chi connectivity index (χ4v) is 7.70. The number of rotatable bonds is 37. The van der Waals surface area contributed by atoms with Gasteiger partial charge in [0.2, 0.25) is 0 Å². The average Bonchev–Trinajstić information content (AvgIpc) is 3.21. The molecule has 0 heterocycles. The number of esters is 2. The van der Waals surface area contributed by atoms with Crippen molar-refractivity contribution in [1.29, 1.82) is 0 Å². The van der Waals surface area contributed by atoms with Crippen LogP contribution in [0.15, 0.2) is 36.5 Å². The van der Waals surface area contributed by atoms with Crippen LogP contribution in [-0.2, 0) is 32.7 Å². The molecule has 0 aliphatic heterocycles. The molecule has 1 rings (SSSR count). The van der Waals surface area contributed by atoms with Gasteiger partial charge in [-0.25, -0.2) is 4.57 Å². The molecule has 0 aromatic rings. The maximum atomic E-state index is 12.8. The van der Waals surface area contributed by atoms with Crippen molar-refractivity contribution in [2.24, 2.45) is 0 Å². The Morgan fingerprint density at radius 1 is 0.525 bits per heavy atom. The summed E-state index contributed by atoms with van der Waals surface area (Å²) in [7, 11) is -5.12. The average molecular weight is 861 g/mol. The van der Waals surface area contributed by atoms with E-state index in [1.165, 1.54) is 77.0 Å². The zero-order valence-corrected chi connectivity index (χ0v) is 37.2. The largest absolute Gasteiger partial charge is 0.472 e. The molecule has 1 fully saturated rings. The van der Waals surface area contributed by atoms with Crippen LogP contribution in [0.3, 0.4) is 0 Å². The Bertz CT molecular complexity index is 1180. The summed E-state index contributed by atoms with van der Waals surface area (Å²) in [5.74, 6) is -1.14. The van der Waals surface area contributed by atoms with Crippen LogP contribution in [0.2, 0.25) is 0 Å². The molecule has 0 amide bonds. The van der Waals surface area contributed by atoms with Gasteiger partial charge in [0, 0.05) is 12.8 Å². The Kier molecular flexibility index (Phi) is 33.3. The van der Waals surface area contributed by atoms with E-state index in [-0.39, 0.29) is 12.8 Å². The number of ether oxygens (including phenoxy) is 2. The zero-order valence-electron chi connectivity index (χ0n) is 36.3. The summed E-state index contributed by atoms with van der Waals surface area (Å²) in [4.78, 5) is 35.6. The molecule has 344 valence electrons. The molecule has 6 unspecified atom stereocenters. The Hall–Kier alpha value is -1.93. The van der Waals surface area contributed by atoms with Crippen molar-refractivity contribution in [2.45, 2.75) is 224 Å². The predicted octanol–water partition coefficient (Wildman–Crippen LogP) is 8.61. The monoisotopic (exact) mass is 861 g/mol. The number of aliphatic hydroxyl groups is 5. The summed E-state index contributed by atoms with van der Waals surface area (Å²) in [5.41, 5.74) is 0. The molecule has 1 aliphatic carbocycles. The van der Waals surface area contributed by atoms with Crippen LogP contribution >= 0.6 is 7.82 Å². The molecule has 6 N–H and O–H groups in total. The van der Waals surface area contributed by atoms with Gasteiger partial charge in [-0.3, -0.25) is 18.6 Å². The number of carbonyl (C=O) groups is 2. The molecule has 1 aliphatic rings. The number of hydrogen-bond acceptors (Lipinski definition) is 12. The fourth-order valence-electron chi connectivity index (χ4n) is 6.72. The molecule has 14 heteroatoms. The second kappa shape index (κ2) is 35.6. The van der Waals surface area contributed by atoms with Crippen LogP contribution in [-0.4, -0.2) is 98.3 Å². The predicted molar refractivity (Wildman–Crippen MR) is 230 cm³/mol. The lowest BCUT2D eigenvalue weighted by atomic mass is 9.85. The molecule has 1 saturated carbocycles. The molecule has 0 spiro atoms. The van der Waals surface area contributed by atoms with E-state index in [9.17, 15) is 44.6 Å². The van der Waals surface area contributed by atoms with Crippen molar-refractivity contribution in [3.8, 4) is 0 Å². The number of aliphatic hydroxyl groups excluding tert-OH is 5. The van der Waals surface area contributed by atoms with Gasteiger partial charge in [0.15, 0.2) is 6.10 Å². The maximum Gasteiger partial charge on any atom is 0.472 e. The van der Waals surface area contributed by atoms with Gasteiger partial charge in [0.25, 0.3) is 0 Å². The van der Waals surface area contributed by atoms with Gasteiger partial charge in [0.05, 0.1) is 6.61 Å². The lowest BCUT2D eigenvalue weighted by Crippen LogP contribution is -2.64. The molecular weight excluding hydrogens is 779 g/mol. The van der Waals surface area contributed by atoms with E-state index in [0.29, 0.717) is 12.8 Å². The van der Waals surface area contributed by atoms with E-state index in [4.69, 9.17) is 18.5 Å². The highest BCUT2D eigenvalue weighted by Gasteiger charge is 2.51. The van der Waals surface area contributed by atoms with E-state index in [1.807, 2.05) is 0 Å². The fraction of sp³-hybridized carbons (Fsp3) is 0.822. The Labute approximate surface area is 355 Å². The maximum absolute atomic E-state index is 12.8. The topological polar surface area (TPSA) is 210 Å². The lowest BCUT2D eigenvalue weighted by molar-refractivity contribution is -0.220. The van der Waals surface area contributed by atoms with Crippen molar-refractivity contribution >= 4 is 19.8 Å². The van der Waals surface area contributed by atoms with Crippen molar-refractivity contribution in [2.75, 3.05) is 13.2 Å². The molecule has 0 aromatic heterocycles. The number of allylic oxidation sites excluding steroid dienone is 6. The summed E-state index contributed by atoms with van der Waals surface area (Å²) in [5, 5.41) is 50.1. The van der Waals surface area contributed by atoms with Gasteiger partial charge < -0.3 is 39.9 Å². The Balaban J connectivity index is 2.49. The first-order chi connectivity index (χ1) is 28.4. The quantitative estimate of drug-likeness (QED) is 0.0150. The number of carbonyl (C=O) groups excluding carboxylic acids is 2. The van der Waals surface area contributed by atoms with Crippen molar-refractivity contribution < 1.29 is 63.1 Å². The summed E-state index contributed by atoms with van der Waals surface area (Å²) in [6, 6.07) is 0. The third kappa shape index (κ3) is 28.3. The van der Waals surface area contributed by atoms with E-state index in [2.05, 4.69) is 50.3 Å². The van der Waals surface area contributed by atoms with Crippen molar-refractivity contribution in [3.05, 3.63) is 36.5 Å². The van der Waals surface area contributed by atoms with Crippen LogP contribution < -0.4 is 0 Å². The first-order valence-electron chi connectivity index (χ1n) is 22.8. The Morgan fingerprint density at radius 2 is 0.915 bits per heavy atom. The van der Waals surface area contributed by atoms with E-state index < -0.39 is 75.7 Å². The highest BCUT2D eigenvalue weighted by atomic mass is 31.2. The van der Waals surface area contributed by atoms with Crippen LogP contribution in [0.25, 0.3) is 0 Å². The number of phosphoric acid groups is 1. The molecule has 13 nitrogen and oxygen atoms in total. The molecule has 59 heavy (non-hydrogen) atoms. The third-order valence-corrected chi connectivity index (χ3v) is 11.4. The van der Waals surface area contributed by atoms with Gasteiger partial charge in [-0.15, -0.1) is 0 Å². The SMILES string of the molecule is CCCCC/C=C/C/C=C/CCCCCCCC(=O)OC[C@H](COP(=O)(O)OC1C(O)C(O)C(O)[C@@H](O)C1O)OC(=O)CCCC/C=C/CCCCCCCCCCC. The zero-order chi connectivity index (χ0) is 43.6. The number of unbranched alkanes of at least 4 members (excludes halogenated alkanes) is 19. The first-order valence-corrected chi connectivity index (χ1v) is 24.3. The van der Waals surface area contributed by atoms with Crippen molar-refractivity contribution in [3.63, 3.8) is 0 Å². The Morgan fingerprint density at radius 3 is 1.46 bits per heavy atom.